The highest BCUT2D eigenvalue weighted by atomic mass is 14.4. The van der Waals surface area contributed by atoms with E-state index in [1.54, 1.807) is 0 Å². The normalized spacial score (nSPS) is 23.7. The summed E-state index contributed by atoms with van der Waals surface area (Å²) in [7, 11) is 0. The molecule has 1 aliphatic rings. The maximum Gasteiger partial charge on any atom is -0.00868 e. The standard InChI is InChI=1S/C15H14/c1-3-7-12(8-4-1)14-11-15(14)13-9-5-2-6-10-13/h1-10,14-15H,11H2. The molecule has 2 aromatic carbocycles. The van der Waals surface area contributed by atoms with Crippen molar-refractivity contribution in [2.24, 2.45) is 0 Å². The van der Waals surface area contributed by atoms with Crippen molar-refractivity contribution in [3.8, 4) is 0 Å². The first-order valence-corrected chi connectivity index (χ1v) is 5.55. The van der Waals surface area contributed by atoms with Gasteiger partial charge >= 0.3 is 0 Å². The number of hydrogen-bond acceptors (Lipinski definition) is 0. The van der Waals surface area contributed by atoms with Gasteiger partial charge in [0.1, 0.15) is 0 Å². The molecule has 0 nitrogen and oxygen atoms in total. The molecule has 0 N–H and O–H groups in total. The third kappa shape index (κ3) is 1.68. The van der Waals surface area contributed by atoms with E-state index in [9.17, 15) is 0 Å². The average molecular weight is 194 g/mol. The van der Waals surface area contributed by atoms with Crippen LogP contribution in [0, 0.1) is 0 Å². The summed E-state index contributed by atoms with van der Waals surface area (Å²) in [4.78, 5) is 0. The predicted molar refractivity (Wildman–Crippen MR) is 63.0 cm³/mol. The summed E-state index contributed by atoms with van der Waals surface area (Å²) in [6.45, 7) is 0. The zero-order chi connectivity index (χ0) is 10.1. The van der Waals surface area contributed by atoms with Gasteiger partial charge in [-0.25, -0.2) is 0 Å². The second kappa shape index (κ2) is 3.54. The molecule has 1 saturated carbocycles. The largest absolute Gasteiger partial charge is 0.0622 e. The summed E-state index contributed by atoms with van der Waals surface area (Å²) in [5, 5.41) is 0. The van der Waals surface area contributed by atoms with Crippen LogP contribution in [0.1, 0.15) is 29.4 Å². The molecule has 0 heterocycles. The number of benzene rings is 2. The molecule has 0 amide bonds. The van der Waals surface area contributed by atoms with Crippen molar-refractivity contribution in [2.75, 3.05) is 0 Å². The van der Waals surface area contributed by atoms with Crippen molar-refractivity contribution in [1.29, 1.82) is 0 Å². The molecule has 3 rings (SSSR count). The highest BCUT2D eigenvalue weighted by Gasteiger charge is 2.38. The van der Waals surface area contributed by atoms with E-state index >= 15 is 0 Å². The van der Waals surface area contributed by atoms with Crippen LogP contribution >= 0.6 is 0 Å². The van der Waals surface area contributed by atoms with Gasteiger partial charge in [0.15, 0.2) is 0 Å². The van der Waals surface area contributed by atoms with E-state index in [0.29, 0.717) is 0 Å². The van der Waals surface area contributed by atoms with E-state index in [1.807, 2.05) is 0 Å². The molecule has 1 aliphatic carbocycles. The van der Waals surface area contributed by atoms with E-state index < -0.39 is 0 Å². The molecular formula is C15H14. The summed E-state index contributed by atoms with van der Waals surface area (Å²) in [6, 6.07) is 21.7. The third-order valence-electron chi connectivity index (χ3n) is 3.25. The lowest BCUT2D eigenvalue weighted by molar-refractivity contribution is 1.03. The molecule has 0 aliphatic heterocycles. The van der Waals surface area contributed by atoms with Gasteiger partial charge in [0, 0.05) is 0 Å². The fourth-order valence-electron chi connectivity index (χ4n) is 2.33. The van der Waals surface area contributed by atoms with E-state index in [2.05, 4.69) is 60.7 Å². The van der Waals surface area contributed by atoms with Gasteiger partial charge in [-0.15, -0.1) is 0 Å². The number of hydrogen-bond donors (Lipinski definition) is 0. The van der Waals surface area contributed by atoms with Crippen molar-refractivity contribution >= 4 is 0 Å². The van der Waals surface area contributed by atoms with Gasteiger partial charge in [0.25, 0.3) is 0 Å². The van der Waals surface area contributed by atoms with Crippen LogP contribution in [-0.4, -0.2) is 0 Å². The minimum Gasteiger partial charge on any atom is -0.0622 e. The number of rotatable bonds is 2. The van der Waals surface area contributed by atoms with Crippen LogP contribution < -0.4 is 0 Å². The highest BCUT2D eigenvalue weighted by Crippen LogP contribution is 2.54. The van der Waals surface area contributed by atoms with E-state index in [0.717, 1.165) is 11.8 Å². The van der Waals surface area contributed by atoms with Crippen molar-refractivity contribution in [3.63, 3.8) is 0 Å². The maximum absolute atomic E-state index is 2.24. The lowest BCUT2D eigenvalue weighted by Crippen LogP contribution is -1.82. The average Bonchev–Trinajstić information content (AvgIpc) is 3.11. The molecule has 0 heteroatoms. The maximum atomic E-state index is 2.24. The first kappa shape index (κ1) is 8.72. The van der Waals surface area contributed by atoms with Crippen molar-refractivity contribution in [2.45, 2.75) is 18.3 Å². The Kier molecular flexibility index (Phi) is 2.06. The lowest BCUT2D eigenvalue weighted by atomic mass is 10.0. The van der Waals surface area contributed by atoms with Crippen LogP contribution in [0.5, 0.6) is 0 Å². The Hall–Kier alpha value is -1.56. The monoisotopic (exact) mass is 194 g/mol. The minimum absolute atomic E-state index is 0.758. The molecule has 2 atom stereocenters. The second-order valence-corrected chi connectivity index (χ2v) is 4.27. The Balaban J connectivity index is 1.81. The Morgan fingerprint density at radius 1 is 0.600 bits per heavy atom. The first-order chi connectivity index (χ1) is 7.45. The molecule has 0 spiro atoms. The molecule has 2 unspecified atom stereocenters. The second-order valence-electron chi connectivity index (χ2n) is 4.27. The molecule has 0 saturated heterocycles. The Morgan fingerprint density at radius 3 is 1.40 bits per heavy atom. The van der Waals surface area contributed by atoms with Crippen LogP contribution in [-0.2, 0) is 0 Å². The van der Waals surface area contributed by atoms with Gasteiger partial charge in [-0.1, -0.05) is 60.7 Å². The summed E-state index contributed by atoms with van der Waals surface area (Å²) in [5.74, 6) is 1.52. The van der Waals surface area contributed by atoms with E-state index in [1.165, 1.54) is 17.5 Å². The van der Waals surface area contributed by atoms with Crippen LogP contribution in [0.25, 0.3) is 0 Å². The van der Waals surface area contributed by atoms with E-state index in [4.69, 9.17) is 0 Å². The zero-order valence-corrected chi connectivity index (χ0v) is 8.64. The smallest absolute Gasteiger partial charge is 0.00868 e. The van der Waals surface area contributed by atoms with Gasteiger partial charge in [-0.05, 0) is 29.4 Å². The van der Waals surface area contributed by atoms with Gasteiger partial charge in [0.05, 0.1) is 0 Å². The van der Waals surface area contributed by atoms with E-state index in [-0.39, 0.29) is 0 Å². The summed E-state index contributed by atoms with van der Waals surface area (Å²) < 4.78 is 0. The minimum atomic E-state index is 0.758. The molecule has 2 aromatic rings. The third-order valence-corrected chi connectivity index (χ3v) is 3.25. The Morgan fingerprint density at radius 2 is 1.00 bits per heavy atom. The molecule has 0 bridgehead atoms. The first-order valence-electron chi connectivity index (χ1n) is 5.55. The predicted octanol–water partition coefficient (Wildman–Crippen LogP) is 3.96. The Labute approximate surface area is 90.6 Å². The zero-order valence-electron chi connectivity index (χ0n) is 8.64. The quantitative estimate of drug-likeness (QED) is 0.679. The highest BCUT2D eigenvalue weighted by molar-refractivity contribution is 5.35. The fourth-order valence-corrected chi connectivity index (χ4v) is 2.33. The lowest BCUT2D eigenvalue weighted by Gasteiger charge is -2.00. The van der Waals surface area contributed by atoms with Crippen LogP contribution in [0.2, 0.25) is 0 Å². The fraction of sp³-hybridized carbons (Fsp3) is 0.200. The molecule has 0 radical (unpaired) electrons. The van der Waals surface area contributed by atoms with Crippen molar-refractivity contribution in [1.82, 2.24) is 0 Å². The Bertz CT molecular complexity index is 387. The van der Waals surface area contributed by atoms with Crippen LogP contribution in [0.4, 0.5) is 0 Å². The van der Waals surface area contributed by atoms with Gasteiger partial charge in [-0.3, -0.25) is 0 Å². The van der Waals surface area contributed by atoms with Gasteiger partial charge in [-0.2, -0.15) is 0 Å². The topological polar surface area (TPSA) is 0 Å². The van der Waals surface area contributed by atoms with Gasteiger partial charge < -0.3 is 0 Å². The van der Waals surface area contributed by atoms with Crippen molar-refractivity contribution in [3.05, 3.63) is 71.8 Å². The van der Waals surface area contributed by atoms with Gasteiger partial charge in [0.2, 0.25) is 0 Å². The van der Waals surface area contributed by atoms with Crippen molar-refractivity contribution < 1.29 is 0 Å². The SMILES string of the molecule is c1ccc(C2CC2c2ccccc2)cc1. The summed E-state index contributed by atoms with van der Waals surface area (Å²) >= 11 is 0. The van der Waals surface area contributed by atoms with Crippen LogP contribution in [0.3, 0.4) is 0 Å². The summed E-state index contributed by atoms with van der Waals surface area (Å²) in [5.41, 5.74) is 2.98. The molecule has 74 valence electrons. The van der Waals surface area contributed by atoms with Crippen LogP contribution in [0.15, 0.2) is 60.7 Å². The molecule has 15 heavy (non-hydrogen) atoms. The molecule has 0 aromatic heterocycles. The molecule has 1 fully saturated rings. The summed E-state index contributed by atoms with van der Waals surface area (Å²) in [6.07, 6.45) is 1.31. The molecular weight excluding hydrogens is 180 g/mol.